The first-order valence-corrected chi connectivity index (χ1v) is 14.3. The summed E-state index contributed by atoms with van der Waals surface area (Å²) in [6, 6.07) is 20.5. The van der Waals surface area contributed by atoms with E-state index in [9.17, 15) is 19.5 Å². The molecule has 0 saturated heterocycles. The van der Waals surface area contributed by atoms with Gasteiger partial charge in [-0.05, 0) is 55.0 Å². The summed E-state index contributed by atoms with van der Waals surface area (Å²) in [5, 5.41) is 11.1. The molecular formula is C33H26N2O7S. The van der Waals surface area contributed by atoms with Gasteiger partial charge in [-0.25, -0.2) is 14.6 Å². The van der Waals surface area contributed by atoms with Crippen molar-refractivity contribution in [1.82, 2.24) is 4.57 Å². The van der Waals surface area contributed by atoms with Crippen molar-refractivity contribution >= 4 is 40.1 Å². The van der Waals surface area contributed by atoms with Gasteiger partial charge < -0.3 is 19.0 Å². The fraction of sp³-hybridized carbons (Fsp3) is 0.152. The minimum Gasteiger partial charge on any atom is -0.496 e. The van der Waals surface area contributed by atoms with Crippen LogP contribution in [0.25, 0.3) is 28.2 Å². The Balaban J connectivity index is 1.54. The number of furan rings is 1. The molecule has 1 aliphatic rings. The molecule has 1 atom stereocenters. The SMILES string of the molecule is CCOC(=O)C1=C(C)N=c2s/c(=C\c3ccc(-c4cccc(C(=O)O)c4)o3)c(=O)n2[C@@H]1c1c(OC)ccc2ccccc12. The average Bonchev–Trinajstić information content (AvgIpc) is 3.60. The molecule has 1 N–H and O–H groups in total. The van der Waals surface area contributed by atoms with Crippen LogP contribution in [0.5, 0.6) is 5.75 Å². The zero-order chi connectivity index (χ0) is 30.2. The lowest BCUT2D eigenvalue weighted by Crippen LogP contribution is -2.40. The molecule has 3 aromatic carbocycles. The number of esters is 1. The Morgan fingerprint density at radius 3 is 2.67 bits per heavy atom. The molecule has 0 amide bonds. The van der Waals surface area contributed by atoms with Crippen molar-refractivity contribution in [2.75, 3.05) is 13.7 Å². The summed E-state index contributed by atoms with van der Waals surface area (Å²) in [6.07, 6.45) is 1.62. The Morgan fingerprint density at radius 2 is 1.91 bits per heavy atom. The summed E-state index contributed by atoms with van der Waals surface area (Å²) in [5.74, 6) is -0.210. The molecule has 1 aliphatic heterocycles. The van der Waals surface area contributed by atoms with Crippen molar-refractivity contribution in [3.63, 3.8) is 0 Å². The summed E-state index contributed by atoms with van der Waals surface area (Å²) in [5.41, 5.74) is 1.74. The number of carboxylic acids is 1. The monoisotopic (exact) mass is 594 g/mol. The summed E-state index contributed by atoms with van der Waals surface area (Å²) in [7, 11) is 1.55. The van der Waals surface area contributed by atoms with E-state index in [2.05, 4.69) is 4.99 Å². The third kappa shape index (κ3) is 4.95. The number of aromatic nitrogens is 1. The highest BCUT2D eigenvalue weighted by Crippen LogP contribution is 2.40. The maximum Gasteiger partial charge on any atom is 0.338 e. The molecule has 10 heteroatoms. The van der Waals surface area contributed by atoms with Crippen molar-refractivity contribution in [2.24, 2.45) is 4.99 Å². The van der Waals surface area contributed by atoms with Gasteiger partial charge in [-0.15, -0.1) is 0 Å². The van der Waals surface area contributed by atoms with Gasteiger partial charge in [-0.3, -0.25) is 9.36 Å². The molecule has 2 aromatic heterocycles. The lowest BCUT2D eigenvalue weighted by Gasteiger charge is -2.27. The molecule has 0 aliphatic carbocycles. The maximum atomic E-state index is 14.1. The number of methoxy groups -OCH3 is 1. The molecule has 0 saturated carbocycles. The largest absolute Gasteiger partial charge is 0.496 e. The second-order valence-electron chi connectivity index (χ2n) is 9.79. The standard InChI is InChI=1S/C33H26N2O7S/c1-4-41-32(39)27-18(2)34-33-35(29(27)28-23-11-6-5-8-19(23)12-14-25(28)40-3)30(36)26(43-33)17-22-13-15-24(42-22)20-9-7-10-21(16-20)31(37)38/h5-17,29H,4H2,1-3H3,(H,37,38)/b26-17-/t29-/m0/s1. The highest BCUT2D eigenvalue weighted by atomic mass is 32.1. The summed E-state index contributed by atoms with van der Waals surface area (Å²) in [6.45, 7) is 3.62. The molecule has 0 unspecified atom stereocenters. The van der Waals surface area contributed by atoms with Gasteiger partial charge in [-0.1, -0.05) is 53.8 Å². The number of nitrogens with zero attached hydrogens (tertiary/aromatic N) is 2. The number of thiazole rings is 1. The fourth-order valence-corrected chi connectivity index (χ4v) is 6.35. The van der Waals surface area contributed by atoms with Crippen LogP contribution in [-0.4, -0.2) is 35.3 Å². The van der Waals surface area contributed by atoms with Crippen molar-refractivity contribution in [1.29, 1.82) is 0 Å². The van der Waals surface area contributed by atoms with Gasteiger partial charge in [0.05, 0.1) is 35.1 Å². The normalized spacial score (nSPS) is 14.9. The van der Waals surface area contributed by atoms with Crippen molar-refractivity contribution < 1.29 is 28.6 Å². The Kier molecular flexibility index (Phi) is 7.29. The van der Waals surface area contributed by atoms with E-state index in [1.54, 1.807) is 51.3 Å². The van der Waals surface area contributed by atoms with Gasteiger partial charge in [0.15, 0.2) is 4.80 Å². The number of hydrogen-bond donors (Lipinski definition) is 1. The van der Waals surface area contributed by atoms with E-state index in [-0.39, 0.29) is 23.3 Å². The summed E-state index contributed by atoms with van der Waals surface area (Å²) >= 11 is 1.18. The number of fused-ring (bicyclic) bond motifs is 2. The predicted molar refractivity (Wildman–Crippen MR) is 162 cm³/mol. The van der Waals surface area contributed by atoms with Gasteiger partial charge in [0.25, 0.3) is 5.56 Å². The number of hydrogen-bond acceptors (Lipinski definition) is 8. The number of carboxylic acid groups (broad SMARTS) is 1. The number of rotatable bonds is 7. The molecule has 216 valence electrons. The molecule has 0 fully saturated rings. The van der Waals surface area contributed by atoms with E-state index in [0.717, 1.165) is 10.8 Å². The Morgan fingerprint density at radius 1 is 1.09 bits per heavy atom. The van der Waals surface area contributed by atoms with E-state index >= 15 is 0 Å². The van der Waals surface area contributed by atoms with Gasteiger partial charge >= 0.3 is 11.9 Å². The van der Waals surface area contributed by atoms with E-state index in [4.69, 9.17) is 13.9 Å². The van der Waals surface area contributed by atoms with Crippen molar-refractivity contribution in [2.45, 2.75) is 19.9 Å². The first kappa shape index (κ1) is 27.9. The number of ether oxygens (including phenoxy) is 2. The van der Waals surface area contributed by atoms with E-state index < -0.39 is 18.0 Å². The second kappa shape index (κ2) is 11.2. The third-order valence-electron chi connectivity index (χ3n) is 7.24. The molecule has 5 aromatic rings. The average molecular weight is 595 g/mol. The van der Waals surface area contributed by atoms with Crippen molar-refractivity contribution in [3.8, 4) is 17.1 Å². The van der Waals surface area contributed by atoms with Crippen LogP contribution in [-0.2, 0) is 9.53 Å². The van der Waals surface area contributed by atoms with Gasteiger partial charge in [0, 0.05) is 17.2 Å². The van der Waals surface area contributed by atoms with E-state index in [0.29, 0.717) is 43.4 Å². The number of carbonyl (C=O) groups is 2. The Labute approximate surface area is 249 Å². The molecule has 3 heterocycles. The summed E-state index contributed by atoms with van der Waals surface area (Å²) in [4.78, 5) is 44.0. The molecular weight excluding hydrogens is 568 g/mol. The fourth-order valence-electron chi connectivity index (χ4n) is 5.32. The summed E-state index contributed by atoms with van der Waals surface area (Å²) < 4.78 is 19.1. The zero-order valence-corrected chi connectivity index (χ0v) is 24.3. The molecule has 0 bridgehead atoms. The lowest BCUT2D eigenvalue weighted by atomic mass is 9.90. The molecule has 0 spiro atoms. The van der Waals surface area contributed by atoms with Crippen LogP contribution < -0.4 is 19.6 Å². The van der Waals surface area contributed by atoms with Crippen LogP contribution in [0.4, 0.5) is 0 Å². The number of allylic oxidation sites excluding steroid dienone is 1. The number of aromatic carboxylic acids is 1. The van der Waals surface area contributed by atoms with Gasteiger partial charge in [0.1, 0.15) is 23.3 Å². The van der Waals surface area contributed by atoms with Crippen LogP contribution in [0.3, 0.4) is 0 Å². The maximum absolute atomic E-state index is 14.1. The smallest absolute Gasteiger partial charge is 0.338 e. The van der Waals surface area contributed by atoms with Gasteiger partial charge in [0.2, 0.25) is 0 Å². The van der Waals surface area contributed by atoms with Crippen LogP contribution in [0.2, 0.25) is 0 Å². The molecule has 9 nitrogen and oxygen atoms in total. The van der Waals surface area contributed by atoms with Gasteiger partial charge in [-0.2, -0.15) is 0 Å². The Hall–Kier alpha value is -5.22. The van der Waals surface area contributed by atoms with Crippen LogP contribution in [0.15, 0.2) is 98.3 Å². The van der Waals surface area contributed by atoms with Crippen LogP contribution >= 0.6 is 11.3 Å². The predicted octanol–water partition coefficient (Wildman–Crippen LogP) is 4.92. The van der Waals surface area contributed by atoms with Crippen LogP contribution in [0.1, 0.15) is 41.6 Å². The first-order chi connectivity index (χ1) is 20.8. The highest BCUT2D eigenvalue weighted by Gasteiger charge is 2.36. The minimum absolute atomic E-state index is 0.139. The first-order valence-electron chi connectivity index (χ1n) is 13.5. The molecule has 0 radical (unpaired) electrons. The highest BCUT2D eigenvalue weighted by molar-refractivity contribution is 7.07. The topological polar surface area (TPSA) is 120 Å². The van der Waals surface area contributed by atoms with E-state index in [1.165, 1.54) is 28.0 Å². The molecule has 43 heavy (non-hydrogen) atoms. The quantitative estimate of drug-likeness (QED) is 0.266. The number of carbonyl (C=O) groups excluding carboxylic acids is 1. The van der Waals surface area contributed by atoms with E-state index in [1.807, 2.05) is 36.4 Å². The van der Waals surface area contributed by atoms with Crippen molar-refractivity contribution in [3.05, 3.63) is 121 Å². The zero-order valence-electron chi connectivity index (χ0n) is 23.5. The molecule has 6 rings (SSSR count). The third-order valence-corrected chi connectivity index (χ3v) is 8.22. The second-order valence-corrected chi connectivity index (χ2v) is 10.8. The minimum atomic E-state index is -1.04. The lowest BCUT2D eigenvalue weighted by molar-refractivity contribution is -0.139. The Bertz CT molecular complexity index is 2130. The van der Waals surface area contributed by atoms with Crippen LogP contribution in [0, 0.1) is 0 Å². The number of benzene rings is 3.